The van der Waals surface area contributed by atoms with Gasteiger partial charge >= 0.3 is 0 Å². The minimum Gasteiger partial charge on any atom is -0.367 e. The Hall–Kier alpha value is -1.39. The fraction of sp³-hybridized carbons (Fsp3) is 0.682. The fourth-order valence-electron chi connectivity index (χ4n) is 4.42. The van der Waals surface area contributed by atoms with Crippen molar-refractivity contribution in [2.24, 2.45) is 5.41 Å². The maximum atomic E-state index is 12.6. The van der Waals surface area contributed by atoms with E-state index >= 15 is 0 Å². The second-order valence-corrected chi connectivity index (χ2v) is 8.94. The molecule has 0 unspecified atom stereocenters. The highest BCUT2D eigenvalue weighted by Gasteiger charge is 2.45. The van der Waals surface area contributed by atoms with Crippen molar-refractivity contribution in [3.8, 4) is 0 Å². The zero-order valence-corrected chi connectivity index (χ0v) is 16.8. The summed E-state index contributed by atoms with van der Waals surface area (Å²) < 4.78 is 6.71. The molecule has 1 aromatic rings. The Balaban J connectivity index is 1.73. The minimum absolute atomic E-state index is 0.111. The number of carbonyl (C=O) groups is 1. The number of benzene rings is 1. The lowest BCUT2D eigenvalue weighted by Gasteiger charge is -2.49. The molecule has 2 heterocycles. The van der Waals surface area contributed by atoms with Gasteiger partial charge in [-0.25, -0.2) is 0 Å². The summed E-state index contributed by atoms with van der Waals surface area (Å²) in [7, 11) is 0. The first kappa shape index (κ1) is 19.4. The molecule has 0 aliphatic carbocycles. The van der Waals surface area contributed by atoms with E-state index in [2.05, 4.69) is 42.6 Å². The molecule has 26 heavy (non-hydrogen) atoms. The van der Waals surface area contributed by atoms with Gasteiger partial charge in [0.15, 0.2) is 0 Å². The van der Waals surface area contributed by atoms with Gasteiger partial charge in [0.05, 0.1) is 11.7 Å². The number of hydrogen-bond donors (Lipinski definition) is 1. The average molecular weight is 359 g/mol. The van der Waals surface area contributed by atoms with Crippen LogP contribution in [-0.4, -0.2) is 42.1 Å². The third-order valence-electron chi connectivity index (χ3n) is 5.78. The van der Waals surface area contributed by atoms with E-state index in [1.54, 1.807) is 0 Å². The molecule has 2 atom stereocenters. The molecule has 1 amide bonds. The molecule has 1 N–H and O–H groups in total. The van der Waals surface area contributed by atoms with Crippen LogP contribution in [0.1, 0.15) is 65.0 Å². The van der Waals surface area contributed by atoms with Crippen LogP contribution in [0, 0.1) is 5.41 Å². The first-order valence-corrected chi connectivity index (χ1v) is 10.1. The molecule has 2 aliphatic heterocycles. The molecule has 3 rings (SSSR count). The van der Waals surface area contributed by atoms with Gasteiger partial charge in [-0.15, -0.1) is 0 Å². The Kier molecular flexibility index (Phi) is 5.73. The molecule has 0 aromatic heterocycles. The van der Waals surface area contributed by atoms with E-state index in [1.807, 2.05) is 25.7 Å². The summed E-state index contributed by atoms with van der Waals surface area (Å²) in [6, 6.07) is 11.1. The first-order valence-electron chi connectivity index (χ1n) is 10.1. The quantitative estimate of drug-likeness (QED) is 0.890. The third kappa shape index (κ3) is 4.29. The fourth-order valence-corrected chi connectivity index (χ4v) is 4.42. The lowest BCUT2D eigenvalue weighted by Crippen LogP contribution is -2.55. The second-order valence-electron chi connectivity index (χ2n) is 8.94. The Morgan fingerprint density at radius 2 is 1.88 bits per heavy atom. The summed E-state index contributed by atoms with van der Waals surface area (Å²) in [5.74, 6) is 0.256. The largest absolute Gasteiger partial charge is 0.367 e. The molecule has 2 aliphatic rings. The number of ether oxygens (including phenoxy) is 1. The molecule has 2 saturated heterocycles. The minimum atomic E-state index is -0.309. The SMILES string of the molecule is CCN[C@H]1C[C@@H](c2ccccc2)OC2(CCN(C(=O)C(C)(C)C)CC2)C1. The second kappa shape index (κ2) is 7.69. The van der Waals surface area contributed by atoms with Gasteiger partial charge in [-0.05, 0) is 37.8 Å². The molecule has 4 nitrogen and oxygen atoms in total. The van der Waals surface area contributed by atoms with Crippen LogP contribution in [0.4, 0.5) is 0 Å². The molecule has 4 heteroatoms. The van der Waals surface area contributed by atoms with Crippen LogP contribution in [0.25, 0.3) is 0 Å². The Labute approximate surface area is 158 Å². The molecule has 0 bridgehead atoms. The predicted octanol–water partition coefficient (Wildman–Crippen LogP) is 3.92. The molecule has 1 aromatic carbocycles. The number of amides is 1. The van der Waals surface area contributed by atoms with Gasteiger partial charge in [0.1, 0.15) is 0 Å². The number of carbonyl (C=O) groups excluding carboxylic acids is 1. The van der Waals surface area contributed by atoms with E-state index in [9.17, 15) is 4.79 Å². The van der Waals surface area contributed by atoms with Gasteiger partial charge in [-0.1, -0.05) is 58.0 Å². The summed E-state index contributed by atoms with van der Waals surface area (Å²) in [6.45, 7) is 10.8. The summed E-state index contributed by atoms with van der Waals surface area (Å²) in [5.41, 5.74) is 0.847. The van der Waals surface area contributed by atoms with Crippen molar-refractivity contribution in [1.29, 1.82) is 0 Å². The van der Waals surface area contributed by atoms with Crippen LogP contribution in [0.3, 0.4) is 0 Å². The van der Waals surface area contributed by atoms with E-state index in [1.165, 1.54) is 5.56 Å². The number of nitrogens with one attached hydrogen (secondary N) is 1. The van der Waals surface area contributed by atoms with Crippen LogP contribution >= 0.6 is 0 Å². The molecule has 2 fully saturated rings. The summed E-state index contributed by atoms with van der Waals surface area (Å²) >= 11 is 0. The first-order chi connectivity index (χ1) is 12.3. The number of nitrogens with zero attached hydrogens (tertiary/aromatic N) is 1. The van der Waals surface area contributed by atoms with E-state index < -0.39 is 0 Å². The summed E-state index contributed by atoms with van der Waals surface area (Å²) in [4.78, 5) is 14.6. The Bertz CT molecular complexity index is 600. The van der Waals surface area contributed by atoms with Crippen molar-refractivity contribution in [1.82, 2.24) is 10.2 Å². The molecule has 1 spiro atoms. The topological polar surface area (TPSA) is 41.6 Å². The van der Waals surface area contributed by atoms with E-state index in [4.69, 9.17) is 4.74 Å². The molecular weight excluding hydrogens is 324 g/mol. The standard InChI is InChI=1S/C22H34N2O2/c1-5-23-18-15-19(17-9-7-6-8-10-17)26-22(16-18)11-13-24(14-12-22)20(25)21(2,3)4/h6-10,18-19,23H,5,11-16H2,1-4H3/t18-,19-/m0/s1. The Morgan fingerprint density at radius 1 is 1.23 bits per heavy atom. The van der Waals surface area contributed by atoms with E-state index in [-0.39, 0.29) is 23.0 Å². The normalized spacial score (nSPS) is 26.1. The van der Waals surface area contributed by atoms with Gasteiger partial charge in [-0.3, -0.25) is 4.79 Å². The van der Waals surface area contributed by atoms with Gasteiger partial charge in [-0.2, -0.15) is 0 Å². The predicted molar refractivity (Wildman–Crippen MR) is 105 cm³/mol. The monoisotopic (exact) mass is 358 g/mol. The van der Waals surface area contributed by atoms with Crippen molar-refractivity contribution in [3.63, 3.8) is 0 Å². The third-order valence-corrected chi connectivity index (χ3v) is 5.78. The highest BCUT2D eigenvalue weighted by atomic mass is 16.5. The summed E-state index contributed by atoms with van der Waals surface area (Å²) in [5, 5.41) is 3.65. The maximum Gasteiger partial charge on any atom is 0.227 e. The smallest absolute Gasteiger partial charge is 0.227 e. The molecular formula is C22H34N2O2. The van der Waals surface area contributed by atoms with Gasteiger partial charge in [0.2, 0.25) is 5.91 Å². The summed E-state index contributed by atoms with van der Waals surface area (Å²) in [6.07, 6.45) is 4.06. The number of rotatable bonds is 3. The van der Waals surface area contributed by atoms with E-state index in [0.29, 0.717) is 6.04 Å². The van der Waals surface area contributed by atoms with E-state index in [0.717, 1.165) is 45.3 Å². The van der Waals surface area contributed by atoms with Crippen molar-refractivity contribution < 1.29 is 9.53 Å². The Morgan fingerprint density at radius 3 is 2.46 bits per heavy atom. The van der Waals surface area contributed by atoms with Crippen LogP contribution < -0.4 is 5.32 Å². The van der Waals surface area contributed by atoms with Gasteiger partial charge < -0.3 is 15.0 Å². The molecule has 0 saturated carbocycles. The lowest BCUT2D eigenvalue weighted by molar-refractivity contribution is -0.171. The highest BCUT2D eigenvalue weighted by molar-refractivity contribution is 5.81. The van der Waals surface area contributed by atoms with Crippen LogP contribution in [0.5, 0.6) is 0 Å². The molecule has 144 valence electrons. The van der Waals surface area contributed by atoms with Crippen LogP contribution in [0.15, 0.2) is 30.3 Å². The van der Waals surface area contributed by atoms with Gasteiger partial charge in [0.25, 0.3) is 0 Å². The molecule has 0 radical (unpaired) electrons. The highest BCUT2D eigenvalue weighted by Crippen LogP contribution is 2.43. The van der Waals surface area contributed by atoms with Crippen molar-refractivity contribution in [2.75, 3.05) is 19.6 Å². The van der Waals surface area contributed by atoms with Crippen molar-refractivity contribution in [3.05, 3.63) is 35.9 Å². The zero-order valence-electron chi connectivity index (χ0n) is 16.8. The lowest BCUT2D eigenvalue weighted by atomic mass is 9.79. The van der Waals surface area contributed by atoms with Crippen molar-refractivity contribution in [2.45, 2.75) is 71.1 Å². The maximum absolute atomic E-state index is 12.6. The van der Waals surface area contributed by atoms with Gasteiger partial charge in [0, 0.05) is 24.5 Å². The average Bonchev–Trinajstić information content (AvgIpc) is 2.62. The van der Waals surface area contributed by atoms with Crippen LogP contribution in [-0.2, 0) is 9.53 Å². The van der Waals surface area contributed by atoms with Crippen LogP contribution in [0.2, 0.25) is 0 Å². The number of likely N-dealkylation sites (tertiary alicyclic amines) is 1. The van der Waals surface area contributed by atoms with Crippen molar-refractivity contribution >= 4 is 5.91 Å². The zero-order chi connectivity index (χ0) is 18.8. The number of piperidine rings is 1. The number of hydrogen-bond acceptors (Lipinski definition) is 3.